The minimum absolute atomic E-state index is 0.190. The van der Waals surface area contributed by atoms with Gasteiger partial charge in [0.25, 0.3) is 0 Å². The first-order valence-corrected chi connectivity index (χ1v) is 9.33. The molecular weight excluding hydrogens is 314 g/mol. The molecule has 0 bridgehead atoms. The zero-order valence-electron chi connectivity index (χ0n) is 14.1. The van der Waals surface area contributed by atoms with E-state index in [1.54, 1.807) is 0 Å². The Morgan fingerprint density at radius 1 is 1.12 bits per heavy atom. The van der Waals surface area contributed by atoms with Gasteiger partial charge in [0.2, 0.25) is 0 Å². The molecule has 2 aromatic rings. The standard InChI is InChI=1S/C20H21N3S/c1-3-23(4-2)13-9-10-17-18(11-13)24-19-12-16(21)14-7-5-6-8-15(14)20(19)22-17/h5-12,16H,3-4,21H2,1-2H3/p+1. The molecule has 0 saturated carbocycles. The highest BCUT2D eigenvalue weighted by molar-refractivity contribution is 8.04. The molecule has 0 amide bonds. The Kier molecular flexibility index (Phi) is 3.94. The molecule has 4 heteroatoms. The number of hydrogen-bond acceptors (Lipinski definition) is 3. The molecule has 1 aliphatic heterocycles. The summed E-state index contributed by atoms with van der Waals surface area (Å²) in [6.45, 7) is 6.43. The number of hydrogen-bond donors (Lipinski definition) is 1. The predicted molar refractivity (Wildman–Crippen MR) is 102 cm³/mol. The van der Waals surface area contributed by atoms with Crippen molar-refractivity contribution in [2.24, 2.45) is 4.99 Å². The van der Waals surface area contributed by atoms with Crippen LogP contribution in [0.15, 0.2) is 63.3 Å². The first-order chi connectivity index (χ1) is 11.7. The van der Waals surface area contributed by atoms with Crippen molar-refractivity contribution in [3.8, 4) is 0 Å². The van der Waals surface area contributed by atoms with Crippen molar-refractivity contribution in [3.05, 3.63) is 64.6 Å². The molecule has 122 valence electrons. The Balaban J connectivity index is 1.81. The first-order valence-electron chi connectivity index (χ1n) is 8.51. The maximum atomic E-state index is 4.98. The molecule has 0 saturated heterocycles. The number of quaternary nitrogens is 1. The van der Waals surface area contributed by atoms with E-state index in [0.29, 0.717) is 0 Å². The Hall–Kier alpha value is -2.04. The summed E-state index contributed by atoms with van der Waals surface area (Å²) < 4.78 is 0. The second-order valence-corrected chi connectivity index (χ2v) is 7.20. The third-order valence-electron chi connectivity index (χ3n) is 4.73. The number of benzene rings is 2. The van der Waals surface area contributed by atoms with E-state index in [1.807, 2.05) is 11.8 Å². The molecule has 1 aliphatic carbocycles. The van der Waals surface area contributed by atoms with E-state index in [1.165, 1.54) is 26.6 Å². The van der Waals surface area contributed by atoms with E-state index < -0.39 is 0 Å². The molecule has 0 aromatic heterocycles. The van der Waals surface area contributed by atoms with Crippen LogP contribution in [0.3, 0.4) is 0 Å². The Morgan fingerprint density at radius 2 is 1.92 bits per heavy atom. The van der Waals surface area contributed by atoms with Crippen LogP contribution < -0.4 is 10.6 Å². The lowest BCUT2D eigenvalue weighted by Crippen LogP contribution is -2.54. The fourth-order valence-corrected chi connectivity index (χ4v) is 4.54. The number of allylic oxidation sites excluding steroid dienone is 1. The molecular formula is C20H22N3S+. The van der Waals surface area contributed by atoms with Crippen LogP contribution in [0, 0.1) is 0 Å². The molecule has 24 heavy (non-hydrogen) atoms. The summed E-state index contributed by atoms with van der Waals surface area (Å²) in [6.07, 6.45) is 2.25. The van der Waals surface area contributed by atoms with Crippen molar-refractivity contribution in [1.82, 2.24) is 0 Å². The summed E-state index contributed by atoms with van der Waals surface area (Å²) in [6, 6.07) is 15.3. The quantitative estimate of drug-likeness (QED) is 0.922. The lowest BCUT2D eigenvalue weighted by Gasteiger charge is -2.27. The fourth-order valence-electron chi connectivity index (χ4n) is 3.42. The van der Waals surface area contributed by atoms with Crippen molar-refractivity contribution in [1.29, 1.82) is 0 Å². The van der Waals surface area contributed by atoms with Gasteiger partial charge in [0, 0.05) is 39.7 Å². The van der Waals surface area contributed by atoms with E-state index >= 15 is 0 Å². The first kappa shape index (κ1) is 15.5. The normalized spacial score (nSPS) is 18.0. The Bertz CT molecular complexity index is 850. The Morgan fingerprint density at radius 3 is 2.71 bits per heavy atom. The van der Waals surface area contributed by atoms with Crippen LogP contribution in [0.5, 0.6) is 0 Å². The molecule has 3 N–H and O–H groups in total. The second kappa shape index (κ2) is 6.11. The van der Waals surface area contributed by atoms with E-state index in [0.717, 1.165) is 24.5 Å². The van der Waals surface area contributed by atoms with Gasteiger partial charge in [-0.05, 0) is 38.1 Å². The molecule has 0 fully saturated rings. The van der Waals surface area contributed by atoms with E-state index in [-0.39, 0.29) is 6.04 Å². The van der Waals surface area contributed by atoms with Gasteiger partial charge < -0.3 is 10.6 Å². The predicted octanol–water partition coefficient (Wildman–Crippen LogP) is 3.94. The Labute approximate surface area is 147 Å². The van der Waals surface area contributed by atoms with Crippen LogP contribution in [0.25, 0.3) is 0 Å². The molecule has 0 spiro atoms. The molecule has 3 nitrogen and oxygen atoms in total. The van der Waals surface area contributed by atoms with Crippen molar-refractivity contribution >= 4 is 28.8 Å². The molecule has 1 atom stereocenters. The highest BCUT2D eigenvalue weighted by Crippen LogP contribution is 2.46. The van der Waals surface area contributed by atoms with Gasteiger partial charge in [-0.1, -0.05) is 36.0 Å². The number of nitrogens with zero attached hydrogens (tertiary/aromatic N) is 2. The monoisotopic (exact) mass is 336 g/mol. The summed E-state index contributed by atoms with van der Waals surface area (Å²) in [5, 5.41) is 0. The molecule has 4 rings (SSSR count). The summed E-state index contributed by atoms with van der Waals surface area (Å²) in [5.74, 6) is 0. The lowest BCUT2D eigenvalue weighted by molar-refractivity contribution is -0.409. The largest absolute Gasteiger partial charge is 0.372 e. The number of rotatable bonds is 3. The van der Waals surface area contributed by atoms with Gasteiger partial charge in [-0.15, -0.1) is 0 Å². The number of thioether (sulfide) groups is 1. The summed E-state index contributed by atoms with van der Waals surface area (Å²) in [5.41, 5.74) is 10.2. The maximum absolute atomic E-state index is 4.98. The minimum atomic E-state index is 0.190. The molecule has 1 heterocycles. The summed E-state index contributed by atoms with van der Waals surface area (Å²) >= 11 is 1.82. The lowest BCUT2D eigenvalue weighted by atomic mass is 9.91. The highest BCUT2D eigenvalue weighted by atomic mass is 32.2. The zero-order chi connectivity index (χ0) is 16.7. The average Bonchev–Trinajstić information content (AvgIpc) is 2.62. The van der Waals surface area contributed by atoms with E-state index in [4.69, 9.17) is 4.99 Å². The van der Waals surface area contributed by atoms with Crippen molar-refractivity contribution in [2.45, 2.75) is 24.8 Å². The SMILES string of the molecule is CCN(CC)c1ccc2c(c1)SC1=CC([NH3+])c3ccccc3C1=N2. The number of anilines is 1. The molecule has 0 radical (unpaired) electrons. The van der Waals surface area contributed by atoms with Crippen LogP contribution in [-0.2, 0) is 0 Å². The van der Waals surface area contributed by atoms with Gasteiger partial charge in [0.1, 0.15) is 6.04 Å². The van der Waals surface area contributed by atoms with Gasteiger partial charge in [-0.2, -0.15) is 0 Å². The number of aliphatic imine (C=N–C) groups is 1. The summed E-state index contributed by atoms with van der Waals surface area (Å²) in [4.78, 5) is 9.82. The van der Waals surface area contributed by atoms with Crippen molar-refractivity contribution < 1.29 is 5.73 Å². The zero-order valence-corrected chi connectivity index (χ0v) is 14.9. The van der Waals surface area contributed by atoms with Gasteiger partial charge in [0.15, 0.2) is 0 Å². The molecule has 1 unspecified atom stereocenters. The van der Waals surface area contributed by atoms with E-state index in [2.05, 4.69) is 73.0 Å². The maximum Gasteiger partial charge on any atom is 0.131 e. The van der Waals surface area contributed by atoms with E-state index in [9.17, 15) is 0 Å². The topological polar surface area (TPSA) is 43.2 Å². The smallest absolute Gasteiger partial charge is 0.131 e. The van der Waals surface area contributed by atoms with Gasteiger partial charge in [-0.25, -0.2) is 4.99 Å². The van der Waals surface area contributed by atoms with Crippen LogP contribution in [0.2, 0.25) is 0 Å². The van der Waals surface area contributed by atoms with Crippen LogP contribution >= 0.6 is 11.8 Å². The third kappa shape index (κ3) is 2.46. The van der Waals surface area contributed by atoms with Gasteiger partial charge in [0.05, 0.1) is 11.4 Å². The second-order valence-electron chi connectivity index (χ2n) is 6.11. The van der Waals surface area contributed by atoms with Crippen LogP contribution in [0.1, 0.15) is 31.0 Å². The number of fused-ring (bicyclic) bond motifs is 4. The third-order valence-corrected chi connectivity index (χ3v) is 5.82. The molecule has 2 aliphatic rings. The highest BCUT2D eigenvalue weighted by Gasteiger charge is 2.29. The van der Waals surface area contributed by atoms with Gasteiger partial charge >= 0.3 is 0 Å². The van der Waals surface area contributed by atoms with Crippen LogP contribution in [0.4, 0.5) is 11.4 Å². The molecule has 2 aromatic carbocycles. The average molecular weight is 336 g/mol. The fraction of sp³-hybridized carbons (Fsp3) is 0.250. The van der Waals surface area contributed by atoms with Crippen LogP contribution in [-0.4, -0.2) is 18.8 Å². The van der Waals surface area contributed by atoms with Crippen molar-refractivity contribution in [3.63, 3.8) is 0 Å². The minimum Gasteiger partial charge on any atom is -0.372 e. The van der Waals surface area contributed by atoms with Gasteiger partial charge in [-0.3, -0.25) is 0 Å². The van der Waals surface area contributed by atoms with Crippen molar-refractivity contribution in [2.75, 3.05) is 18.0 Å². The summed E-state index contributed by atoms with van der Waals surface area (Å²) in [7, 11) is 0.